The molecule has 3 N–H and O–H groups in total. The zero-order chi connectivity index (χ0) is 13.4. The molecule has 1 aromatic carbocycles. The maximum absolute atomic E-state index is 10.0. The van der Waals surface area contributed by atoms with Crippen LogP contribution in [0.4, 0.5) is 0 Å². The van der Waals surface area contributed by atoms with E-state index in [4.69, 9.17) is 10.5 Å². The van der Waals surface area contributed by atoms with Gasteiger partial charge in [-0.2, -0.15) is 0 Å². The third kappa shape index (κ3) is 5.00. The molecule has 1 rings (SSSR count). The molecule has 0 heterocycles. The summed E-state index contributed by atoms with van der Waals surface area (Å²) in [6.45, 7) is 4.72. The third-order valence-electron chi connectivity index (χ3n) is 2.97. The largest absolute Gasteiger partial charge is 0.384 e. The molecule has 1 aromatic rings. The summed E-state index contributed by atoms with van der Waals surface area (Å²) in [7, 11) is 0. The Kier molecular flexibility index (Phi) is 6.05. The Morgan fingerprint density at radius 1 is 1.39 bits per heavy atom. The molecule has 0 aromatic heterocycles. The van der Waals surface area contributed by atoms with Crippen LogP contribution in [0.5, 0.6) is 0 Å². The topological polar surface area (TPSA) is 55.5 Å². The minimum Gasteiger partial charge on any atom is -0.384 e. The minimum absolute atomic E-state index is 0.247. The summed E-state index contributed by atoms with van der Waals surface area (Å²) >= 11 is 0. The van der Waals surface area contributed by atoms with Crippen LogP contribution in [0.15, 0.2) is 42.5 Å². The van der Waals surface area contributed by atoms with Crippen molar-refractivity contribution in [3.05, 3.63) is 48.0 Å². The van der Waals surface area contributed by atoms with Gasteiger partial charge in [0.05, 0.1) is 18.8 Å². The van der Waals surface area contributed by atoms with Crippen molar-refractivity contribution >= 4 is 0 Å². The van der Waals surface area contributed by atoms with E-state index in [2.05, 4.69) is 0 Å². The van der Waals surface area contributed by atoms with E-state index < -0.39 is 5.60 Å². The highest BCUT2D eigenvalue weighted by Gasteiger charge is 2.23. The normalized spacial score (nSPS) is 16.7. The van der Waals surface area contributed by atoms with Crippen LogP contribution in [0.25, 0.3) is 0 Å². The SMILES string of the molecule is CC[C@@H](N)[C@@](C)(O)/C=C/COCc1ccccc1. The lowest BCUT2D eigenvalue weighted by Crippen LogP contribution is -2.43. The van der Waals surface area contributed by atoms with Gasteiger partial charge in [0, 0.05) is 6.04 Å². The van der Waals surface area contributed by atoms with Gasteiger partial charge in [0.2, 0.25) is 0 Å². The van der Waals surface area contributed by atoms with Crippen LogP contribution >= 0.6 is 0 Å². The molecule has 0 radical (unpaired) electrons. The number of nitrogens with two attached hydrogens (primary N) is 1. The molecule has 3 heteroatoms. The molecule has 0 unspecified atom stereocenters. The van der Waals surface area contributed by atoms with Crippen LogP contribution in [0.1, 0.15) is 25.8 Å². The first-order valence-electron chi connectivity index (χ1n) is 6.33. The monoisotopic (exact) mass is 249 g/mol. The standard InChI is InChI=1S/C15H23NO2/c1-3-14(16)15(2,17)10-7-11-18-12-13-8-5-4-6-9-13/h4-10,14,17H,3,11-12,16H2,1-2H3/b10-7+/t14-,15+/m1/s1. The van der Waals surface area contributed by atoms with Crippen molar-refractivity contribution in [2.75, 3.05) is 6.61 Å². The van der Waals surface area contributed by atoms with Crippen molar-refractivity contribution < 1.29 is 9.84 Å². The molecule has 0 aliphatic heterocycles. The molecule has 0 fully saturated rings. The average Bonchev–Trinajstić information content (AvgIpc) is 2.38. The number of hydrogen-bond acceptors (Lipinski definition) is 3. The van der Waals surface area contributed by atoms with Crippen LogP contribution < -0.4 is 5.73 Å². The Morgan fingerprint density at radius 3 is 2.67 bits per heavy atom. The Morgan fingerprint density at radius 2 is 2.06 bits per heavy atom. The number of rotatable bonds is 7. The molecule has 0 spiro atoms. The lowest BCUT2D eigenvalue weighted by Gasteiger charge is -2.25. The van der Waals surface area contributed by atoms with E-state index in [0.717, 1.165) is 12.0 Å². The van der Waals surface area contributed by atoms with E-state index in [9.17, 15) is 5.11 Å². The van der Waals surface area contributed by atoms with Crippen LogP contribution in [-0.2, 0) is 11.3 Å². The Labute approximate surface area is 109 Å². The van der Waals surface area contributed by atoms with Crippen molar-refractivity contribution in [3.63, 3.8) is 0 Å². The summed E-state index contributed by atoms with van der Waals surface area (Å²) in [5.74, 6) is 0. The second-order valence-corrected chi connectivity index (χ2v) is 4.64. The predicted octanol–water partition coefficient (Wildman–Crippen LogP) is 2.25. The Balaban J connectivity index is 2.29. The van der Waals surface area contributed by atoms with Crippen LogP contribution in [0.2, 0.25) is 0 Å². The maximum atomic E-state index is 10.0. The summed E-state index contributed by atoms with van der Waals surface area (Å²) in [5, 5.41) is 10.0. The summed E-state index contributed by atoms with van der Waals surface area (Å²) in [4.78, 5) is 0. The van der Waals surface area contributed by atoms with Gasteiger partial charge in [0.15, 0.2) is 0 Å². The van der Waals surface area contributed by atoms with Crippen molar-refractivity contribution in [2.24, 2.45) is 5.73 Å². The zero-order valence-corrected chi connectivity index (χ0v) is 11.2. The number of aliphatic hydroxyl groups is 1. The smallest absolute Gasteiger partial charge is 0.0950 e. The highest BCUT2D eigenvalue weighted by molar-refractivity contribution is 5.13. The molecule has 0 saturated carbocycles. The fraction of sp³-hybridized carbons (Fsp3) is 0.467. The predicted molar refractivity (Wildman–Crippen MR) is 74.1 cm³/mol. The number of benzene rings is 1. The first kappa shape index (κ1) is 14.9. The van der Waals surface area contributed by atoms with Crippen LogP contribution in [0, 0.1) is 0 Å². The van der Waals surface area contributed by atoms with Gasteiger partial charge in [0.1, 0.15) is 0 Å². The van der Waals surface area contributed by atoms with Gasteiger partial charge in [-0.15, -0.1) is 0 Å². The molecular weight excluding hydrogens is 226 g/mol. The minimum atomic E-state index is -0.967. The molecule has 0 bridgehead atoms. The summed E-state index contributed by atoms with van der Waals surface area (Å²) in [5.41, 5.74) is 5.99. The fourth-order valence-electron chi connectivity index (χ4n) is 1.64. The molecule has 0 aliphatic carbocycles. The second kappa shape index (κ2) is 7.31. The average molecular weight is 249 g/mol. The van der Waals surface area contributed by atoms with Gasteiger partial charge in [-0.3, -0.25) is 0 Å². The maximum Gasteiger partial charge on any atom is 0.0950 e. The second-order valence-electron chi connectivity index (χ2n) is 4.64. The Hall–Kier alpha value is -1.16. The Bertz CT molecular complexity index is 360. The number of ether oxygens (including phenoxy) is 1. The third-order valence-corrected chi connectivity index (χ3v) is 2.97. The summed E-state index contributed by atoms with van der Waals surface area (Å²) < 4.78 is 5.49. The van der Waals surface area contributed by atoms with E-state index >= 15 is 0 Å². The van der Waals surface area contributed by atoms with Crippen molar-refractivity contribution in [1.29, 1.82) is 0 Å². The lowest BCUT2D eigenvalue weighted by atomic mass is 9.95. The van der Waals surface area contributed by atoms with E-state index in [0.29, 0.717) is 13.2 Å². The molecule has 0 aliphatic rings. The van der Waals surface area contributed by atoms with E-state index in [1.165, 1.54) is 0 Å². The number of hydrogen-bond donors (Lipinski definition) is 2. The molecule has 18 heavy (non-hydrogen) atoms. The van der Waals surface area contributed by atoms with E-state index in [1.807, 2.05) is 43.3 Å². The highest BCUT2D eigenvalue weighted by atomic mass is 16.5. The van der Waals surface area contributed by atoms with Gasteiger partial charge in [-0.1, -0.05) is 49.4 Å². The molecule has 0 saturated heterocycles. The highest BCUT2D eigenvalue weighted by Crippen LogP contribution is 2.12. The van der Waals surface area contributed by atoms with E-state index in [-0.39, 0.29) is 6.04 Å². The fourth-order valence-corrected chi connectivity index (χ4v) is 1.64. The molecular formula is C15H23NO2. The first-order valence-corrected chi connectivity index (χ1v) is 6.33. The van der Waals surface area contributed by atoms with Gasteiger partial charge >= 0.3 is 0 Å². The van der Waals surface area contributed by atoms with Gasteiger partial charge < -0.3 is 15.6 Å². The van der Waals surface area contributed by atoms with Gasteiger partial charge in [-0.05, 0) is 18.9 Å². The summed E-state index contributed by atoms with van der Waals surface area (Å²) in [6.07, 6.45) is 4.27. The first-order chi connectivity index (χ1) is 8.56. The lowest BCUT2D eigenvalue weighted by molar-refractivity contribution is 0.0786. The van der Waals surface area contributed by atoms with Crippen LogP contribution in [-0.4, -0.2) is 23.4 Å². The van der Waals surface area contributed by atoms with Gasteiger partial charge in [-0.25, -0.2) is 0 Å². The molecule has 0 amide bonds. The summed E-state index contributed by atoms with van der Waals surface area (Å²) in [6, 6.07) is 9.74. The molecule has 2 atom stereocenters. The van der Waals surface area contributed by atoms with Crippen molar-refractivity contribution in [1.82, 2.24) is 0 Å². The molecule has 3 nitrogen and oxygen atoms in total. The zero-order valence-electron chi connectivity index (χ0n) is 11.2. The van der Waals surface area contributed by atoms with E-state index in [1.54, 1.807) is 13.0 Å². The van der Waals surface area contributed by atoms with Crippen LogP contribution in [0.3, 0.4) is 0 Å². The quantitative estimate of drug-likeness (QED) is 0.575. The van der Waals surface area contributed by atoms with Crippen molar-refractivity contribution in [2.45, 2.75) is 38.5 Å². The van der Waals surface area contributed by atoms with Crippen molar-refractivity contribution in [3.8, 4) is 0 Å². The van der Waals surface area contributed by atoms with Gasteiger partial charge in [0.25, 0.3) is 0 Å². The molecule has 100 valence electrons.